The van der Waals surface area contributed by atoms with Crippen LogP contribution in [0.1, 0.15) is 132 Å². The van der Waals surface area contributed by atoms with E-state index in [2.05, 4.69) is 65.3 Å². The van der Waals surface area contributed by atoms with E-state index in [1.807, 2.05) is 25.1 Å². The molecule has 9 atom stereocenters. The summed E-state index contributed by atoms with van der Waals surface area (Å²) in [7, 11) is 0. The van der Waals surface area contributed by atoms with Crippen molar-refractivity contribution in [3.63, 3.8) is 0 Å². The van der Waals surface area contributed by atoms with Crippen LogP contribution in [0.15, 0.2) is 59.8 Å². The normalized spacial score (nSPS) is 40.4. The Balaban J connectivity index is 1.25. The molecule has 6 rings (SSSR count). The average Bonchev–Trinajstić information content (AvgIpc) is 3.40. The van der Waals surface area contributed by atoms with Crippen LogP contribution in [0.5, 0.6) is 5.88 Å². The maximum atomic E-state index is 13.4. The molecule has 1 unspecified atom stereocenters. The van der Waals surface area contributed by atoms with E-state index in [4.69, 9.17) is 15.2 Å². The molecule has 0 saturated heterocycles. The van der Waals surface area contributed by atoms with Gasteiger partial charge in [-0.05, 0) is 154 Å². The third-order valence-corrected chi connectivity index (χ3v) is 15.4. The van der Waals surface area contributed by atoms with Gasteiger partial charge in [0.2, 0.25) is 5.88 Å². The van der Waals surface area contributed by atoms with Crippen LogP contribution in [0.4, 0.5) is 0 Å². The van der Waals surface area contributed by atoms with Gasteiger partial charge >= 0.3 is 5.97 Å². The molecule has 0 bridgehead atoms. The summed E-state index contributed by atoms with van der Waals surface area (Å²) in [5.41, 5.74) is 11.6. The molecule has 5 nitrogen and oxygen atoms in total. The second-order valence-electron chi connectivity index (χ2n) is 18.3. The van der Waals surface area contributed by atoms with Crippen molar-refractivity contribution in [1.82, 2.24) is 4.98 Å². The number of fused-ring (bicyclic) bond motifs is 4. The number of hydrogen-bond donors (Lipinski definition) is 1. The van der Waals surface area contributed by atoms with Gasteiger partial charge in [0.1, 0.15) is 12.0 Å². The summed E-state index contributed by atoms with van der Waals surface area (Å²) in [6, 6.07) is 5.64. The zero-order valence-corrected chi connectivity index (χ0v) is 31.9. The van der Waals surface area contributed by atoms with E-state index in [0.29, 0.717) is 53.9 Å². The van der Waals surface area contributed by atoms with E-state index in [0.717, 1.165) is 32.1 Å². The molecule has 0 amide bonds. The number of esters is 1. The highest BCUT2D eigenvalue weighted by Gasteiger charge is 2.60. The van der Waals surface area contributed by atoms with Gasteiger partial charge in [-0.25, -0.2) is 4.98 Å². The summed E-state index contributed by atoms with van der Waals surface area (Å²) in [5, 5.41) is 0. The largest absolute Gasteiger partial charge is 0.476 e. The fourth-order valence-electron chi connectivity index (χ4n) is 12.4. The van der Waals surface area contributed by atoms with Gasteiger partial charge in [-0.2, -0.15) is 0 Å². The fraction of sp³-hybridized carbons (Fsp3) is 0.727. The van der Waals surface area contributed by atoms with E-state index in [9.17, 15) is 4.79 Å². The van der Waals surface area contributed by atoms with Crippen molar-refractivity contribution in [3.8, 4) is 5.88 Å². The van der Waals surface area contributed by atoms with Gasteiger partial charge in [0.05, 0.1) is 6.61 Å². The lowest BCUT2D eigenvalue weighted by Crippen LogP contribution is -2.57. The topological polar surface area (TPSA) is 74.4 Å². The minimum absolute atomic E-state index is 0.0181. The summed E-state index contributed by atoms with van der Waals surface area (Å²) in [4.78, 5) is 17.8. The molecule has 0 radical (unpaired) electrons. The highest BCUT2D eigenvalue weighted by Crippen LogP contribution is 2.68. The first-order valence-electron chi connectivity index (χ1n) is 19.8. The molecule has 1 aromatic heterocycles. The van der Waals surface area contributed by atoms with Gasteiger partial charge < -0.3 is 15.2 Å². The number of carbonyl (C=O) groups excluding carboxylic acids is 1. The van der Waals surface area contributed by atoms with Crippen LogP contribution in [-0.2, 0) is 9.53 Å². The van der Waals surface area contributed by atoms with Crippen molar-refractivity contribution in [2.45, 2.75) is 137 Å². The monoisotopic (exact) mass is 671 g/mol. The summed E-state index contributed by atoms with van der Waals surface area (Å²) in [6.07, 6.45) is 21.3. The summed E-state index contributed by atoms with van der Waals surface area (Å²) >= 11 is 0. The summed E-state index contributed by atoms with van der Waals surface area (Å²) in [6.45, 7) is 22.2. The van der Waals surface area contributed by atoms with Crippen LogP contribution in [0.2, 0.25) is 0 Å². The summed E-state index contributed by atoms with van der Waals surface area (Å²) < 4.78 is 11.7. The maximum absolute atomic E-state index is 13.4. The Morgan fingerprint density at radius 1 is 0.959 bits per heavy atom. The highest BCUT2D eigenvalue weighted by molar-refractivity contribution is 5.78. The molecule has 0 aromatic carbocycles. The number of pyridine rings is 1. The molecule has 270 valence electrons. The van der Waals surface area contributed by atoms with Gasteiger partial charge in [-0.15, -0.1) is 0 Å². The second kappa shape index (κ2) is 13.6. The first-order valence-corrected chi connectivity index (χ1v) is 19.8. The standard InChI is InChI=1S/C44H66N2O3/c1-9-48-39(47)43(29-49-38-15-10-11-28-46-38)24-17-32(18-25-43)34-20-22-42(8)36(40(34,5)6)21-23-41(7)31(4)16-26-44(45)27-19-33(30(2)3)35(44)13-12-14-37(41)42/h10-11,15,17,20,28,31,33,35-37H,2,9,12-14,16,18-19,21-27,29,45H2,1,3-8H3/t31-,33+,35+,36+,37+,41+,42+,43?,44-/m1/s1. The van der Waals surface area contributed by atoms with Crippen molar-refractivity contribution in [1.29, 1.82) is 0 Å². The van der Waals surface area contributed by atoms with Crippen LogP contribution in [0.3, 0.4) is 0 Å². The number of nitrogens with two attached hydrogens (primary N) is 1. The molecule has 1 heterocycles. The third kappa shape index (κ3) is 6.38. The van der Waals surface area contributed by atoms with E-state index in [1.165, 1.54) is 61.7 Å². The molecule has 3 fully saturated rings. The number of allylic oxidation sites excluding steroid dienone is 5. The summed E-state index contributed by atoms with van der Waals surface area (Å²) in [5.74, 6) is 3.56. The first-order chi connectivity index (χ1) is 23.2. The zero-order valence-electron chi connectivity index (χ0n) is 31.9. The molecule has 1 aromatic rings. The predicted molar refractivity (Wildman–Crippen MR) is 200 cm³/mol. The molecule has 49 heavy (non-hydrogen) atoms. The van der Waals surface area contributed by atoms with E-state index < -0.39 is 5.41 Å². The number of nitrogens with zero attached hydrogens (tertiary/aromatic N) is 1. The molecular weight excluding hydrogens is 604 g/mol. The van der Waals surface area contributed by atoms with Gasteiger partial charge in [-0.3, -0.25) is 4.79 Å². The van der Waals surface area contributed by atoms with Crippen molar-refractivity contribution >= 4 is 5.97 Å². The third-order valence-electron chi connectivity index (χ3n) is 15.4. The number of rotatable bonds is 7. The Labute approximate surface area is 298 Å². The van der Waals surface area contributed by atoms with Crippen molar-refractivity contribution in [2.24, 2.45) is 57.0 Å². The SMILES string of the molecule is C=C(C)[C@@H]1CC[C@]2(N)CC[C@@H](C)[C@]3(C)CC[C@H]4C(C)(C)C(C5=CCC(COc6ccccn6)(C(=O)OCC)CC5)=CC[C@]4(C)[C@H]3CCC[C@@H]12. The second-order valence-corrected chi connectivity index (χ2v) is 18.3. The Morgan fingerprint density at radius 2 is 1.73 bits per heavy atom. The van der Waals surface area contributed by atoms with Crippen molar-refractivity contribution < 1.29 is 14.3 Å². The Bertz CT molecular complexity index is 1450. The van der Waals surface area contributed by atoms with Crippen molar-refractivity contribution in [3.05, 3.63) is 59.8 Å². The Morgan fingerprint density at radius 3 is 2.41 bits per heavy atom. The smallest absolute Gasteiger partial charge is 0.315 e. The number of aromatic nitrogens is 1. The lowest BCUT2D eigenvalue weighted by Gasteiger charge is -2.64. The van der Waals surface area contributed by atoms with Gasteiger partial charge in [-0.1, -0.05) is 71.4 Å². The maximum Gasteiger partial charge on any atom is 0.315 e. The minimum atomic E-state index is -0.687. The lowest BCUT2D eigenvalue weighted by molar-refractivity contribution is -0.158. The Hall–Kier alpha value is -2.40. The highest BCUT2D eigenvalue weighted by atomic mass is 16.5. The molecule has 5 aliphatic rings. The van der Waals surface area contributed by atoms with Crippen molar-refractivity contribution in [2.75, 3.05) is 13.2 Å². The number of hydrogen-bond acceptors (Lipinski definition) is 5. The van der Waals surface area contributed by atoms with E-state index in [-0.39, 0.29) is 28.9 Å². The zero-order chi connectivity index (χ0) is 35.2. The molecule has 5 aliphatic carbocycles. The molecule has 5 heteroatoms. The first kappa shape index (κ1) is 36.4. The van der Waals surface area contributed by atoms with Gasteiger partial charge in [0, 0.05) is 17.8 Å². The van der Waals surface area contributed by atoms with Crippen LogP contribution in [0.25, 0.3) is 0 Å². The minimum Gasteiger partial charge on any atom is -0.476 e. The van der Waals surface area contributed by atoms with Gasteiger partial charge in [0.25, 0.3) is 0 Å². The van der Waals surface area contributed by atoms with Crippen LogP contribution in [-0.4, -0.2) is 29.7 Å². The van der Waals surface area contributed by atoms with Gasteiger partial charge in [0.15, 0.2) is 0 Å². The van der Waals surface area contributed by atoms with Crippen LogP contribution >= 0.6 is 0 Å². The average molecular weight is 671 g/mol. The number of ether oxygens (including phenoxy) is 2. The quantitative estimate of drug-likeness (QED) is 0.231. The van der Waals surface area contributed by atoms with E-state index >= 15 is 0 Å². The van der Waals surface area contributed by atoms with Crippen LogP contribution in [0, 0.1) is 51.2 Å². The predicted octanol–water partition coefficient (Wildman–Crippen LogP) is 10.4. The molecule has 0 aliphatic heterocycles. The fourth-order valence-corrected chi connectivity index (χ4v) is 12.4. The number of carbonyl (C=O) groups is 1. The Kier molecular flexibility index (Phi) is 10.1. The molecule has 2 N–H and O–H groups in total. The molecule has 3 saturated carbocycles. The molecular formula is C44H66N2O3. The van der Waals surface area contributed by atoms with E-state index in [1.54, 1.807) is 6.20 Å². The lowest BCUT2D eigenvalue weighted by atomic mass is 9.40. The molecule has 0 spiro atoms. The van der Waals surface area contributed by atoms with Crippen LogP contribution < -0.4 is 10.5 Å².